The SMILES string of the molecule is O=C(CCCn1c(=O)oc2ccccc21)NCc1cccc(Cn2ccnc2)c1. The van der Waals surface area contributed by atoms with Gasteiger partial charge in [0.25, 0.3) is 0 Å². The number of rotatable bonds is 8. The molecule has 0 radical (unpaired) electrons. The van der Waals surface area contributed by atoms with E-state index in [1.54, 1.807) is 23.2 Å². The molecule has 4 rings (SSSR count). The van der Waals surface area contributed by atoms with E-state index in [1.807, 2.05) is 41.1 Å². The van der Waals surface area contributed by atoms with E-state index in [1.165, 1.54) is 0 Å². The summed E-state index contributed by atoms with van der Waals surface area (Å²) in [5.74, 6) is -0.424. The predicted molar refractivity (Wildman–Crippen MR) is 109 cm³/mol. The molecule has 0 aliphatic heterocycles. The van der Waals surface area contributed by atoms with Crippen LogP contribution in [-0.2, 0) is 24.4 Å². The summed E-state index contributed by atoms with van der Waals surface area (Å²) in [4.78, 5) is 28.2. The highest BCUT2D eigenvalue weighted by molar-refractivity contribution is 5.76. The Balaban J connectivity index is 1.27. The first-order valence-corrected chi connectivity index (χ1v) is 9.58. The quantitative estimate of drug-likeness (QED) is 0.501. The minimum absolute atomic E-state index is 0.0362. The summed E-state index contributed by atoms with van der Waals surface area (Å²) in [6.45, 7) is 1.67. The molecular weight excluding hydrogens is 368 g/mol. The molecule has 2 heterocycles. The lowest BCUT2D eigenvalue weighted by Gasteiger charge is -2.08. The monoisotopic (exact) mass is 390 g/mol. The lowest BCUT2D eigenvalue weighted by Crippen LogP contribution is -2.23. The Labute approximate surface area is 167 Å². The lowest BCUT2D eigenvalue weighted by atomic mass is 10.1. The van der Waals surface area contributed by atoms with Crippen molar-refractivity contribution in [3.63, 3.8) is 0 Å². The van der Waals surface area contributed by atoms with Crippen LogP contribution in [0.15, 0.2) is 76.5 Å². The van der Waals surface area contributed by atoms with Gasteiger partial charge in [-0.05, 0) is 29.7 Å². The first-order chi connectivity index (χ1) is 14.2. The lowest BCUT2D eigenvalue weighted by molar-refractivity contribution is -0.121. The predicted octanol–water partition coefficient (Wildman–Crippen LogP) is 2.94. The number of para-hydroxylation sites is 2. The summed E-state index contributed by atoms with van der Waals surface area (Å²) in [7, 11) is 0. The van der Waals surface area contributed by atoms with Crippen LogP contribution in [0.2, 0.25) is 0 Å². The number of hydrogen-bond donors (Lipinski definition) is 1. The largest absolute Gasteiger partial charge is 0.419 e. The minimum Gasteiger partial charge on any atom is -0.408 e. The molecule has 0 aliphatic carbocycles. The summed E-state index contributed by atoms with van der Waals surface area (Å²) in [6, 6.07) is 15.4. The van der Waals surface area contributed by atoms with Gasteiger partial charge in [0.15, 0.2) is 5.58 Å². The van der Waals surface area contributed by atoms with Crippen molar-refractivity contribution in [2.45, 2.75) is 32.5 Å². The van der Waals surface area contributed by atoms with E-state index in [9.17, 15) is 9.59 Å². The fourth-order valence-electron chi connectivity index (χ4n) is 3.34. The topological polar surface area (TPSA) is 82.1 Å². The minimum atomic E-state index is -0.388. The fraction of sp³-hybridized carbons (Fsp3) is 0.227. The number of benzene rings is 2. The molecule has 0 saturated carbocycles. The van der Waals surface area contributed by atoms with Crippen molar-refractivity contribution >= 4 is 17.0 Å². The normalized spacial score (nSPS) is 11.0. The maximum absolute atomic E-state index is 12.2. The number of amides is 1. The highest BCUT2D eigenvalue weighted by Gasteiger charge is 2.09. The molecule has 0 aliphatic rings. The molecule has 1 amide bonds. The van der Waals surface area contributed by atoms with Crippen LogP contribution in [0.4, 0.5) is 0 Å². The van der Waals surface area contributed by atoms with Crippen molar-refractivity contribution in [1.82, 2.24) is 19.4 Å². The van der Waals surface area contributed by atoms with Crippen molar-refractivity contribution in [3.05, 3.63) is 88.9 Å². The third kappa shape index (κ3) is 4.63. The number of oxazole rings is 1. The Hall–Kier alpha value is -3.61. The highest BCUT2D eigenvalue weighted by Crippen LogP contribution is 2.12. The molecule has 0 atom stereocenters. The van der Waals surface area contributed by atoms with Gasteiger partial charge in [-0.2, -0.15) is 0 Å². The number of carbonyl (C=O) groups is 1. The zero-order valence-corrected chi connectivity index (χ0v) is 16.0. The maximum Gasteiger partial charge on any atom is 0.419 e. The second-order valence-corrected chi connectivity index (χ2v) is 6.92. The molecule has 2 aromatic heterocycles. The van der Waals surface area contributed by atoms with Gasteiger partial charge in [0.1, 0.15) is 0 Å². The summed E-state index contributed by atoms with van der Waals surface area (Å²) >= 11 is 0. The number of aryl methyl sites for hydroxylation is 1. The van der Waals surface area contributed by atoms with Crippen LogP contribution >= 0.6 is 0 Å². The maximum atomic E-state index is 12.2. The van der Waals surface area contributed by atoms with E-state index in [2.05, 4.69) is 22.4 Å². The number of nitrogens with zero attached hydrogens (tertiary/aromatic N) is 3. The molecule has 0 unspecified atom stereocenters. The number of nitrogens with one attached hydrogen (secondary N) is 1. The van der Waals surface area contributed by atoms with E-state index in [0.29, 0.717) is 31.5 Å². The van der Waals surface area contributed by atoms with E-state index in [-0.39, 0.29) is 11.7 Å². The standard InChI is InChI=1S/C22H22N4O3/c27-21(9-4-11-26-19-7-1-2-8-20(19)29-22(26)28)24-14-17-5-3-6-18(13-17)15-25-12-10-23-16-25/h1-3,5-8,10,12-13,16H,4,9,11,14-15H2,(H,24,27). The molecule has 0 spiro atoms. The number of carbonyl (C=O) groups excluding carboxylic acids is 1. The Morgan fingerprint density at radius 3 is 2.83 bits per heavy atom. The van der Waals surface area contributed by atoms with Gasteiger partial charge in [-0.3, -0.25) is 9.36 Å². The van der Waals surface area contributed by atoms with Gasteiger partial charge in [-0.15, -0.1) is 0 Å². The summed E-state index contributed by atoms with van der Waals surface area (Å²) < 4.78 is 8.78. The highest BCUT2D eigenvalue weighted by atomic mass is 16.4. The molecule has 0 bridgehead atoms. The van der Waals surface area contributed by atoms with E-state index < -0.39 is 0 Å². The van der Waals surface area contributed by atoms with Crippen LogP contribution in [0.5, 0.6) is 0 Å². The zero-order chi connectivity index (χ0) is 20.1. The van der Waals surface area contributed by atoms with Crippen molar-refractivity contribution in [1.29, 1.82) is 0 Å². The summed E-state index contributed by atoms with van der Waals surface area (Å²) in [6.07, 6.45) is 6.37. The molecular formula is C22H22N4O3. The van der Waals surface area contributed by atoms with Crippen LogP contribution in [0, 0.1) is 0 Å². The third-order valence-electron chi connectivity index (χ3n) is 4.76. The molecule has 148 valence electrons. The van der Waals surface area contributed by atoms with Gasteiger partial charge in [0.05, 0.1) is 11.8 Å². The zero-order valence-electron chi connectivity index (χ0n) is 16.0. The molecule has 29 heavy (non-hydrogen) atoms. The van der Waals surface area contributed by atoms with Crippen LogP contribution < -0.4 is 11.1 Å². The van der Waals surface area contributed by atoms with Crippen LogP contribution in [0.1, 0.15) is 24.0 Å². The number of imidazole rings is 1. The van der Waals surface area contributed by atoms with Crippen LogP contribution in [-0.4, -0.2) is 20.0 Å². The summed E-state index contributed by atoms with van der Waals surface area (Å²) in [5, 5.41) is 2.95. The first-order valence-electron chi connectivity index (χ1n) is 9.58. The second kappa shape index (κ2) is 8.60. The molecule has 0 fully saturated rings. The average molecular weight is 390 g/mol. The van der Waals surface area contributed by atoms with Gasteiger partial charge in [-0.1, -0.05) is 36.4 Å². The number of aromatic nitrogens is 3. The Bertz CT molecular complexity index is 1160. The van der Waals surface area contributed by atoms with Crippen LogP contribution in [0.25, 0.3) is 11.1 Å². The average Bonchev–Trinajstić information content (AvgIpc) is 3.34. The van der Waals surface area contributed by atoms with Crippen LogP contribution in [0.3, 0.4) is 0 Å². The molecule has 2 aromatic carbocycles. The van der Waals surface area contributed by atoms with E-state index >= 15 is 0 Å². The Morgan fingerprint density at radius 1 is 1.10 bits per heavy atom. The molecule has 7 nitrogen and oxygen atoms in total. The summed E-state index contributed by atoms with van der Waals surface area (Å²) in [5.41, 5.74) is 3.53. The Kier molecular flexibility index (Phi) is 5.56. The first kappa shape index (κ1) is 18.7. The van der Waals surface area contributed by atoms with Gasteiger partial charge >= 0.3 is 5.76 Å². The molecule has 4 aromatic rings. The number of fused-ring (bicyclic) bond motifs is 1. The van der Waals surface area contributed by atoms with Gasteiger partial charge in [-0.25, -0.2) is 9.78 Å². The third-order valence-corrected chi connectivity index (χ3v) is 4.76. The van der Waals surface area contributed by atoms with E-state index in [0.717, 1.165) is 23.2 Å². The van der Waals surface area contributed by atoms with Crippen molar-refractivity contribution in [2.24, 2.45) is 0 Å². The van der Waals surface area contributed by atoms with Gasteiger partial charge in [0.2, 0.25) is 5.91 Å². The second-order valence-electron chi connectivity index (χ2n) is 6.92. The van der Waals surface area contributed by atoms with Crippen molar-refractivity contribution < 1.29 is 9.21 Å². The molecule has 1 N–H and O–H groups in total. The van der Waals surface area contributed by atoms with Gasteiger partial charge in [0, 0.05) is 38.4 Å². The van der Waals surface area contributed by atoms with Crippen molar-refractivity contribution in [2.75, 3.05) is 0 Å². The molecule has 0 saturated heterocycles. The number of hydrogen-bond acceptors (Lipinski definition) is 4. The van der Waals surface area contributed by atoms with Crippen molar-refractivity contribution in [3.8, 4) is 0 Å². The molecule has 7 heteroatoms. The smallest absolute Gasteiger partial charge is 0.408 e. The van der Waals surface area contributed by atoms with E-state index in [4.69, 9.17) is 4.42 Å². The fourth-order valence-corrected chi connectivity index (χ4v) is 3.34. The Morgan fingerprint density at radius 2 is 1.97 bits per heavy atom. The van der Waals surface area contributed by atoms with Gasteiger partial charge < -0.3 is 14.3 Å².